The maximum absolute atomic E-state index is 10.0. The van der Waals surface area contributed by atoms with E-state index in [0.29, 0.717) is 6.54 Å². The predicted molar refractivity (Wildman–Crippen MR) is 44.2 cm³/mol. The van der Waals surface area contributed by atoms with Crippen LogP contribution in [0.4, 0.5) is 0 Å². The van der Waals surface area contributed by atoms with Crippen molar-refractivity contribution >= 4 is 8.25 Å². The zero-order valence-corrected chi connectivity index (χ0v) is 7.37. The maximum Gasteiger partial charge on any atom is 0.726 e. The molecule has 0 aromatic heterocycles. The van der Waals surface area contributed by atoms with E-state index >= 15 is 0 Å². The molecule has 2 N–H and O–H groups in total. The monoisotopic (exact) mass is 192 g/mol. The molecule has 2 unspecified atom stereocenters. The molecule has 0 radical (unpaired) electrons. The van der Waals surface area contributed by atoms with E-state index in [0.717, 1.165) is 0 Å². The van der Waals surface area contributed by atoms with Crippen molar-refractivity contribution < 1.29 is 19.0 Å². The van der Waals surface area contributed by atoms with Crippen LogP contribution in [0.5, 0.6) is 0 Å². The molecule has 5 nitrogen and oxygen atoms in total. The lowest BCUT2D eigenvalue weighted by molar-refractivity contribution is -0.239. The van der Waals surface area contributed by atoms with Crippen molar-refractivity contribution in [3.63, 3.8) is 0 Å². The fourth-order valence-corrected chi connectivity index (χ4v) is 0.606. The first-order valence-corrected chi connectivity index (χ1v) is 4.30. The van der Waals surface area contributed by atoms with Crippen molar-refractivity contribution in [2.24, 2.45) is 0 Å². The molecule has 0 saturated carbocycles. The Kier molecular flexibility index (Phi) is 6.75. The second-order valence-corrected chi connectivity index (χ2v) is 2.39. The zero-order chi connectivity index (χ0) is 9.40. The van der Waals surface area contributed by atoms with Crippen LogP contribution in [-0.4, -0.2) is 17.7 Å². The maximum atomic E-state index is 10.0. The van der Waals surface area contributed by atoms with E-state index in [-0.39, 0.29) is 0 Å². The third-order valence-corrected chi connectivity index (χ3v) is 1.10. The quantitative estimate of drug-likeness (QED) is 0.206. The lowest BCUT2D eigenvalue weighted by atomic mass is 10.5. The van der Waals surface area contributed by atoms with Crippen molar-refractivity contribution in [2.75, 3.05) is 6.54 Å². The Bertz CT molecular complexity index is 173. The van der Waals surface area contributed by atoms with Gasteiger partial charge >= 0.3 is 8.25 Å². The first-order valence-electron chi connectivity index (χ1n) is 3.17. The van der Waals surface area contributed by atoms with E-state index in [1.165, 1.54) is 6.08 Å². The molecule has 2 atom stereocenters. The Labute approximate surface area is 71.6 Å². The number of hydrogen-bond acceptors (Lipinski definition) is 4. The van der Waals surface area contributed by atoms with Crippen LogP contribution < -0.4 is 5.32 Å². The van der Waals surface area contributed by atoms with Crippen molar-refractivity contribution in [1.29, 1.82) is 0 Å². The van der Waals surface area contributed by atoms with Gasteiger partial charge in [0.2, 0.25) is 0 Å². The summed E-state index contributed by atoms with van der Waals surface area (Å²) in [5.41, 5.74) is 0. The number of rotatable bonds is 7. The van der Waals surface area contributed by atoms with Gasteiger partial charge in [0.15, 0.2) is 6.23 Å². The van der Waals surface area contributed by atoms with Crippen LogP contribution in [0.1, 0.15) is 0 Å². The molecule has 0 heterocycles. The lowest BCUT2D eigenvalue weighted by Crippen LogP contribution is -2.29. The van der Waals surface area contributed by atoms with E-state index in [9.17, 15) is 4.57 Å². The van der Waals surface area contributed by atoms with Crippen LogP contribution in [0, 0.1) is 0 Å². The summed E-state index contributed by atoms with van der Waals surface area (Å²) in [6.45, 7) is 7.36. The van der Waals surface area contributed by atoms with Crippen LogP contribution in [-0.2, 0) is 14.1 Å². The van der Waals surface area contributed by atoms with E-state index < -0.39 is 14.5 Å². The first kappa shape index (κ1) is 11.4. The second kappa shape index (κ2) is 7.09. The molecule has 0 aromatic rings. The van der Waals surface area contributed by atoms with Gasteiger partial charge in [-0.3, -0.25) is 5.32 Å². The molecule has 0 bridgehead atoms. The Hall–Kier alpha value is -0.580. The average molecular weight is 192 g/mol. The SMILES string of the molecule is C=CCNC(C=C)OO[P+](=O)O. The highest BCUT2D eigenvalue weighted by Crippen LogP contribution is 2.15. The summed E-state index contributed by atoms with van der Waals surface area (Å²) in [6, 6.07) is 0. The topological polar surface area (TPSA) is 67.8 Å². The molecule has 0 fully saturated rings. The number of nitrogens with one attached hydrogen (secondary N) is 1. The molecule has 0 aromatic carbocycles. The van der Waals surface area contributed by atoms with Gasteiger partial charge in [0.25, 0.3) is 0 Å². The normalized spacial score (nSPS) is 13.6. The molecular weight excluding hydrogens is 181 g/mol. The average Bonchev–Trinajstić information content (AvgIpc) is 2.05. The molecule has 68 valence electrons. The van der Waals surface area contributed by atoms with Gasteiger partial charge in [0, 0.05) is 11.1 Å². The minimum atomic E-state index is -2.74. The van der Waals surface area contributed by atoms with Crippen molar-refractivity contribution in [1.82, 2.24) is 5.32 Å². The van der Waals surface area contributed by atoms with Crippen molar-refractivity contribution in [2.45, 2.75) is 6.23 Å². The molecular formula is C6H11NO4P+. The van der Waals surface area contributed by atoms with E-state index in [1.807, 2.05) is 0 Å². The smallest absolute Gasteiger partial charge is 0.283 e. The van der Waals surface area contributed by atoms with Gasteiger partial charge in [-0.25, -0.2) is 0 Å². The lowest BCUT2D eigenvalue weighted by Gasteiger charge is -2.07. The summed E-state index contributed by atoms with van der Waals surface area (Å²) in [5, 5.41) is 2.75. The van der Waals surface area contributed by atoms with Gasteiger partial charge in [-0.1, -0.05) is 12.7 Å². The summed E-state index contributed by atoms with van der Waals surface area (Å²) < 4.78 is 14.0. The summed E-state index contributed by atoms with van der Waals surface area (Å²) in [6.07, 6.45) is 2.38. The van der Waals surface area contributed by atoms with Crippen LogP contribution >= 0.6 is 8.25 Å². The third-order valence-electron chi connectivity index (χ3n) is 0.888. The molecule has 0 rings (SSSR count). The Morgan fingerprint density at radius 3 is 2.75 bits per heavy atom. The minimum Gasteiger partial charge on any atom is -0.283 e. The standard InChI is InChI=1S/C6H10NO4P/c1-3-5-7-6(4-2)10-11-12(8)9/h3-4,6-7H,1-2,5H2/p+1. The molecule has 6 heteroatoms. The molecule has 0 aliphatic heterocycles. The van der Waals surface area contributed by atoms with Gasteiger partial charge in [-0.15, -0.1) is 11.5 Å². The summed E-state index contributed by atoms with van der Waals surface area (Å²) in [5.74, 6) is 0. The van der Waals surface area contributed by atoms with Gasteiger partial charge in [-0.2, -0.15) is 4.89 Å². The Morgan fingerprint density at radius 2 is 2.33 bits per heavy atom. The highest BCUT2D eigenvalue weighted by Gasteiger charge is 2.16. The van der Waals surface area contributed by atoms with Crippen LogP contribution in [0.15, 0.2) is 25.3 Å². The van der Waals surface area contributed by atoms with Gasteiger partial charge in [0.05, 0.1) is 4.67 Å². The zero-order valence-electron chi connectivity index (χ0n) is 6.47. The van der Waals surface area contributed by atoms with Gasteiger partial charge in [0.1, 0.15) is 0 Å². The van der Waals surface area contributed by atoms with E-state index in [2.05, 4.69) is 28.0 Å². The van der Waals surface area contributed by atoms with Gasteiger partial charge in [-0.05, 0) is 6.08 Å². The molecule has 12 heavy (non-hydrogen) atoms. The molecule has 0 spiro atoms. The van der Waals surface area contributed by atoms with Crippen LogP contribution in [0.2, 0.25) is 0 Å². The highest BCUT2D eigenvalue weighted by atomic mass is 31.1. The Balaban J connectivity index is 3.59. The minimum absolute atomic E-state index is 0.488. The van der Waals surface area contributed by atoms with E-state index in [4.69, 9.17) is 4.89 Å². The first-order chi connectivity index (χ1) is 5.70. The largest absolute Gasteiger partial charge is 0.726 e. The van der Waals surface area contributed by atoms with Crippen molar-refractivity contribution in [3.05, 3.63) is 25.3 Å². The van der Waals surface area contributed by atoms with Crippen LogP contribution in [0.3, 0.4) is 0 Å². The van der Waals surface area contributed by atoms with Crippen molar-refractivity contribution in [3.8, 4) is 0 Å². The Morgan fingerprint density at radius 1 is 1.67 bits per heavy atom. The summed E-state index contributed by atoms with van der Waals surface area (Å²) >= 11 is 0. The predicted octanol–water partition coefficient (Wildman–Crippen LogP) is 0.872. The summed E-state index contributed by atoms with van der Waals surface area (Å²) in [4.78, 5) is 12.6. The molecule has 0 saturated heterocycles. The molecule has 0 aliphatic rings. The van der Waals surface area contributed by atoms with Gasteiger partial charge < -0.3 is 0 Å². The highest BCUT2D eigenvalue weighted by molar-refractivity contribution is 7.31. The van der Waals surface area contributed by atoms with E-state index in [1.54, 1.807) is 6.08 Å². The molecule has 0 amide bonds. The summed E-state index contributed by atoms with van der Waals surface area (Å²) in [7, 11) is -2.74. The second-order valence-electron chi connectivity index (χ2n) is 1.76. The molecule has 0 aliphatic carbocycles. The fraction of sp³-hybridized carbons (Fsp3) is 0.333. The van der Waals surface area contributed by atoms with Crippen LogP contribution in [0.25, 0.3) is 0 Å². The fourth-order valence-electron chi connectivity index (χ4n) is 0.439. The third kappa shape index (κ3) is 6.15. The number of hydrogen-bond donors (Lipinski definition) is 2.